The second-order valence-corrected chi connectivity index (χ2v) is 4.46. The van der Waals surface area contributed by atoms with Crippen molar-refractivity contribution >= 4 is 23.3 Å². The van der Waals surface area contributed by atoms with Gasteiger partial charge in [0.15, 0.2) is 0 Å². The molecule has 21 heavy (non-hydrogen) atoms. The number of amides is 1. The van der Waals surface area contributed by atoms with E-state index in [-0.39, 0.29) is 23.4 Å². The molecule has 0 unspecified atom stereocenters. The summed E-state index contributed by atoms with van der Waals surface area (Å²) < 4.78 is 0. The Labute approximate surface area is 121 Å². The average molecular weight is 295 g/mol. The molecule has 0 aliphatic rings. The second-order valence-electron chi connectivity index (χ2n) is 4.46. The fourth-order valence-electron chi connectivity index (χ4n) is 1.79. The first kappa shape index (κ1) is 16.4. The van der Waals surface area contributed by atoms with E-state index in [9.17, 15) is 19.7 Å². The molecule has 0 aromatic heterocycles. The number of rotatable bonds is 8. The first-order valence-electron chi connectivity index (χ1n) is 6.46. The molecule has 1 rings (SSSR count). The van der Waals surface area contributed by atoms with Gasteiger partial charge in [0, 0.05) is 19.0 Å². The number of hydrogen-bond donors (Lipinski definition) is 3. The van der Waals surface area contributed by atoms with E-state index in [0.717, 1.165) is 0 Å². The number of hydrogen-bond acceptors (Lipinski definition) is 5. The summed E-state index contributed by atoms with van der Waals surface area (Å²) in [6, 6.07) is 4.05. The number of nitrogens with zero attached hydrogens (tertiary/aromatic N) is 1. The van der Waals surface area contributed by atoms with Gasteiger partial charge in [0.25, 0.3) is 11.6 Å². The molecule has 1 aromatic carbocycles. The van der Waals surface area contributed by atoms with Gasteiger partial charge in [-0.25, -0.2) is 0 Å². The van der Waals surface area contributed by atoms with Crippen molar-refractivity contribution in [3.05, 3.63) is 33.9 Å². The predicted octanol–water partition coefficient (Wildman–Crippen LogP) is 1.55. The van der Waals surface area contributed by atoms with Crippen LogP contribution >= 0.6 is 0 Å². The van der Waals surface area contributed by atoms with Crippen LogP contribution in [0.1, 0.15) is 36.0 Å². The number of unbranched alkanes of at least 4 members (excludes halogenated alkanes) is 2. The van der Waals surface area contributed by atoms with Crippen LogP contribution < -0.4 is 11.1 Å². The SMILES string of the molecule is Nc1c(C(=O)NCCCCCC(=O)O)cccc1[N+](=O)[O-]. The Hall–Kier alpha value is -2.64. The van der Waals surface area contributed by atoms with Crippen molar-refractivity contribution in [1.82, 2.24) is 5.32 Å². The van der Waals surface area contributed by atoms with E-state index in [1.807, 2.05) is 0 Å². The second kappa shape index (κ2) is 7.83. The van der Waals surface area contributed by atoms with E-state index in [1.54, 1.807) is 0 Å². The average Bonchev–Trinajstić information content (AvgIpc) is 2.42. The van der Waals surface area contributed by atoms with E-state index in [1.165, 1.54) is 18.2 Å². The van der Waals surface area contributed by atoms with Crippen LogP contribution in [0.15, 0.2) is 18.2 Å². The first-order chi connectivity index (χ1) is 9.93. The Morgan fingerprint density at radius 2 is 2.00 bits per heavy atom. The highest BCUT2D eigenvalue weighted by Crippen LogP contribution is 2.24. The Kier molecular flexibility index (Phi) is 6.12. The van der Waals surface area contributed by atoms with Gasteiger partial charge in [0.2, 0.25) is 0 Å². The van der Waals surface area contributed by atoms with E-state index in [0.29, 0.717) is 25.8 Å². The lowest BCUT2D eigenvalue weighted by Crippen LogP contribution is -2.25. The maximum atomic E-state index is 11.9. The van der Waals surface area contributed by atoms with Crippen LogP contribution in [0.3, 0.4) is 0 Å². The summed E-state index contributed by atoms with van der Waals surface area (Å²) in [5, 5.41) is 21.8. The number of carbonyl (C=O) groups excluding carboxylic acids is 1. The van der Waals surface area contributed by atoms with Crippen molar-refractivity contribution in [3.63, 3.8) is 0 Å². The molecule has 114 valence electrons. The number of para-hydroxylation sites is 1. The molecule has 0 bridgehead atoms. The quantitative estimate of drug-likeness (QED) is 0.288. The highest BCUT2D eigenvalue weighted by Gasteiger charge is 2.18. The molecule has 1 aromatic rings. The Balaban J connectivity index is 2.48. The molecule has 0 fully saturated rings. The van der Waals surface area contributed by atoms with E-state index in [4.69, 9.17) is 10.8 Å². The normalized spacial score (nSPS) is 10.1. The maximum absolute atomic E-state index is 11.9. The van der Waals surface area contributed by atoms with Gasteiger partial charge in [0.05, 0.1) is 10.5 Å². The van der Waals surface area contributed by atoms with Gasteiger partial charge in [-0.3, -0.25) is 19.7 Å². The van der Waals surface area contributed by atoms with Crippen molar-refractivity contribution in [1.29, 1.82) is 0 Å². The van der Waals surface area contributed by atoms with Crippen LogP contribution in [0.4, 0.5) is 11.4 Å². The molecular formula is C13H17N3O5. The molecule has 0 aliphatic carbocycles. The molecule has 8 heteroatoms. The van der Waals surface area contributed by atoms with Crippen LogP contribution in [0.2, 0.25) is 0 Å². The topological polar surface area (TPSA) is 136 Å². The highest BCUT2D eigenvalue weighted by molar-refractivity contribution is 6.00. The number of nitro benzene ring substituents is 1. The van der Waals surface area contributed by atoms with Gasteiger partial charge in [-0.1, -0.05) is 12.5 Å². The molecule has 1 amide bonds. The van der Waals surface area contributed by atoms with Gasteiger partial charge in [-0.15, -0.1) is 0 Å². The van der Waals surface area contributed by atoms with Crippen molar-refractivity contribution in [2.24, 2.45) is 0 Å². The van der Waals surface area contributed by atoms with Crippen molar-refractivity contribution in [3.8, 4) is 0 Å². The number of nitrogen functional groups attached to an aromatic ring is 1. The molecule has 0 heterocycles. The molecule has 0 radical (unpaired) electrons. The fourth-order valence-corrected chi connectivity index (χ4v) is 1.79. The number of nitrogens with two attached hydrogens (primary N) is 1. The van der Waals surface area contributed by atoms with Gasteiger partial charge < -0.3 is 16.2 Å². The number of carboxylic acid groups (broad SMARTS) is 1. The van der Waals surface area contributed by atoms with E-state index >= 15 is 0 Å². The summed E-state index contributed by atoms with van der Waals surface area (Å²) in [7, 11) is 0. The molecule has 0 aliphatic heterocycles. The maximum Gasteiger partial charge on any atom is 0.303 e. The zero-order valence-electron chi connectivity index (χ0n) is 11.4. The lowest BCUT2D eigenvalue weighted by molar-refractivity contribution is -0.383. The number of anilines is 1. The zero-order chi connectivity index (χ0) is 15.8. The minimum atomic E-state index is -0.844. The third-order valence-corrected chi connectivity index (χ3v) is 2.88. The third kappa shape index (κ3) is 5.09. The van der Waals surface area contributed by atoms with Gasteiger partial charge in [-0.05, 0) is 18.9 Å². The Morgan fingerprint density at radius 3 is 2.62 bits per heavy atom. The van der Waals surface area contributed by atoms with Crippen LogP contribution in [0, 0.1) is 10.1 Å². The smallest absolute Gasteiger partial charge is 0.303 e. The van der Waals surface area contributed by atoms with Crippen LogP contribution in [-0.4, -0.2) is 28.5 Å². The summed E-state index contributed by atoms with van der Waals surface area (Å²) in [5.74, 6) is -1.32. The van der Waals surface area contributed by atoms with Crippen molar-refractivity contribution in [2.75, 3.05) is 12.3 Å². The summed E-state index contributed by atoms with van der Waals surface area (Å²) in [4.78, 5) is 32.3. The molecule has 0 saturated heterocycles. The van der Waals surface area contributed by atoms with Crippen molar-refractivity contribution in [2.45, 2.75) is 25.7 Å². The Morgan fingerprint density at radius 1 is 1.29 bits per heavy atom. The monoisotopic (exact) mass is 295 g/mol. The van der Waals surface area contributed by atoms with Crippen LogP contribution in [0.5, 0.6) is 0 Å². The number of carbonyl (C=O) groups is 2. The summed E-state index contributed by atoms with van der Waals surface area (Å²) in [6.45, 7) is 0.362. The first-order valence-corrected chi connectivity index (χ1v) is 6.46. The minimum Gasteiger partial charge on any atom is -0.481 e. The lowest BCUT2D eigenvalue weighted by Gasteiger charge is -2.07. The van der Waals surface area contributed by atoms with Crippen LogP contribution in [0.25, 0.3) is 0 Å². The summed E-state index contributed by atoms with van der Waals surface area (Å²) in [5.41, 5.74) is 5.20. The molecule has 4 N–H and O–H groups in total. The third-order valence-electron chi connectivity index (χ3n) is 2.88. The lowest BCUT2D eigenvalue weighted by atomic mass is 10.1. The summed E-state index contributed by atoms with van der Waals surface area (Å²) >= 11 is 0. The highest BCUT2D eigenvalue weighted by atomic mass is 16.6. The number of carboxylic acids is 1. The number of benzene rings is 1. The fraction of sp³-hybridized carbons (Fsp3) is 0.385. The largest absolute Gasteiger partial charge is 0.481 e. The molecule has 0 atom stereocenters. The number of nitrogens with one attached hydrogen (secondary N) is 1. The molecule has 8 nitrogen and oxygen atoms in total. The van der Waals surface area contributed by atoms with Gasteiger partial charge >= 0.3 is 5.97 Å². The Bertz CT molecular complexity index is 545. The number of aliphatic carboxylic acids is 1. The number of nitro groups is 1. The predicted molar refractivity (Wildman–Crippen MR) is 75.9 cm³/mol. The summed E-state index contributed by atoms with van der Waals surface area (Å²) in [6.07, 6.45) is 1.96. The molecular weight excluding hydrogens is 278 g/mol. The van der Waals surface area contributed by atoms with Crippen LogP contribution in [-0.2, 0) is 4.79 Å². The zero-order valence-corrected chi connectivity index (χ0v) is 11.4. The minimum absolute atomic E-state index is 0.0646. The van der Waals surface area contributed by atoms with E-state index < -0.39 is 16.8 Å². The van der Waals surface area contributed by atoms with Crippen molar-refractivity contribution < 1.29 is 19.6 Å². The molecule has 0 saturated carbocycles. The molecule has 0 spiro atoms. The standard InChI is InChI=1S/C13H17N3O5/c14-12-9(5-4-6-10(12)16(20)21)13(19)15-8-3-1-2-7-11(17)18/h4-6H,1-3,7-8,14H2,(H,15,19)(H,17,18). The van der Waals surface area contributed by atoms with E-state index in [2.05, 4.69) is 5.32 Å². The van der Waals surface area contributed by atoms with Gasteiger partial charge in [-0.2, -0.15) is 0 Å². The van der Waals surface area contributed by atoms with Gasteiger partial charge in [0.1, 0.15) is 5.69 Å².